The van der Waals surface area contributed by atoms with Gasteiger partial charge in [0.05, 0.1) is 19.0 Å². The van der Waals surface area contributed by atoms with Crippen molar-refractivity contribution < 1.29 is 33.5 Å². The van der Waals surface area contributed by atoms with Gasteiger partial charge in [0.15, 0.2) is 11.5 Å². The molecular weight excluding hydrogens is 961 g/mol. The summed E-state index contributed by atoms with van der Waals surface area (Å²) in [5.74, 6) is 0.237. The molecule has 4 aromatic rings. The molecule has 5 aliphatic heterocycles. The topological polar surface area (TPSA) is 224 Å². The Morgan fingerprint density at radius 3 is 2.45 bits per heavy atom. The number of nitrogens with zero attached hydrogens (tertiary/aromatic N) is 8. The number of ether oxygens (including phenoxy) is 1. The van der Waals surface area contributed by atoms with E-state index in [0.717, 1.165) is 148 Å². The fourth-order valence-electron chi connectivity index (χ4n) is 10.7. The molecule has 0 saturated carbocycles. The van der Waals surface area contributed by atoms with E-state index in [4.69, 9.17) is 9.72 Å². The normalized spacial score (nSPS) is 19.0. The number of alkyl carbamates (subject to hydrolysis) is 1. The van der Waals surface area contributed by atoms with Gasteiger partial charge in [0.1, 0.15) is 16.9 Å². The monoisotopic (exact) mass is 1030 g/mol. The smallest absolute Gasteiger partial charge is 0.407 e. The minimum atomic E-state index is -0.678. The lowest BCUT2D eigenvalue weighted by Crippen LogP contribution is -2.57. The highest BCUT2D eigenvalue weighted by atomic mass is 32.2. The number of likely N-dealkylation sites (tertiary alicyclic amines) is 1. The molecule has 6 amide bonds. The summed E-state index contributed by atoms with van der Waals surface area (Å²) in [5.41, 5.74) is 3.03. The van der Waals surface area contributed by atoms with Crippen LogP contribution in [0.15, 0.2) is 76.9 Å². The molecule has 20 heteroatoms. The number of nitrogens with one attached hydrogen (secondary N) is 4. The number of unbranched alkanes of at least 4 members (excludes halogenated alkanes) is 5. The fourth-order valence-corrected chi connectivity index (χ4v) is 11.5. The van der Waals surface area contributed by atoms with Crippen LogP contribution in [-0.2, 0) is 32.2 Å². The Labute approximate surface area is 436 Å². The largest absolute Gasteiger partial charge is 0.450 e. The zero-order valence-corrected chi connectivity index (χ0v) is 43.4. The molecule has 5 aliphatic rings. The summed E-state index contributed by atoms with van der Waals surface area (Å²) in [6.07, 6.45) is 13.9. The number of anilines is 3. The molecule has 0 radical (unpaired) electrons. The Bertz CT molecular complexity index is 2680. The predicted molar refractivity (Wildman–Crippen MR) is 280 cm³/mol. The number of aromatic nitrogens is 4. The number of carbonyl (C=O) groups excluding carboxylic acids is 6. The van der Waals surface area contributed by atoms with Crippen LogP contribution in [0.5, 0.6) is 0 Å². The molecule has 4 N–H and O–H groups in total. The summed E-state index contributed by atoms with van der Waals surface area (Å²) in [4.78, 5) is 94.1. The second kappa shape index (κ2) is 23.7. The van der Waals surface area contributed by atoms with Gasteiger partial charge < -0.3 is 40.3 Å². The molecule has 2 aromatic carbocycles. The summed E-state index contributed by atoms with van der Waals surface area (Å²) in [6.45, 7) is 11.6. The molecule has 2 aromatic heterocycles. The summed E-state index contributed by atoms with van der Waals surface area (Å²) < 4.78 is 5.37. The van der Waals surface area contributed by atoms with Gasteiger partial charge >= 0.3 is 6.09 Å². The van der Waals surface area contributed by atoms with Gasteiger partial charge in [-0.15, -0.1) is 10.2 Å². The molecule has 392 valence electrons. The van der Waals surface area contributed by atoms with Crippen molar-refractivity contribution >= 4 is 64.7 Å². The van der Waals surface area contributed by atoms with Gasteiger partial charge in [0, 0.05) is 92.3 Å². The average Bonchev–Trinajstić information content (AvgIpc) is 3.98. The lowest BCUT2D eigenvalue weighted by Gasteiger charge is -2.48. The second-order valence-electron chi connectivity index (χ2n) is 20.8. The molecule has 9 rings (SSSR count). The van der Waals surface area contributed by atoms with Crippen molar-refractivity contribution in [2.75, 3.05) is 67.5 Å². The predicted octanol–water partition coefficient (Wildman–Crippen LogP) is 6.49. The molecule has 1 atom stereocenters. The maximum atomic E-state index is 13.0. The Hall–Kier alpha value is -6.67. The van der Waals surface area contributed by atoms with Crippen LogP contribution >= 0.6 is 11.8 Å². The number of benzene rings is 2. The number of hydrogen-bond donors (Lipinski definition) is 4. The molecule has 74 heavy (non-hydrogen) atoms. The van der Waals surface area contributed by atoms with Crippen LogP contribution in [0.25, 0.3) is 0 Å². The number of piperidine rings is 2. The van der Waals surface area contributed by atoms with Crippen molar-refractivity contribution in [1.82, 2.24) is 45.9 Å². The van der Waals surface area contributed by atoms with E-state index >= 15 is 0 Å². The van der Waals surface area contributed by atoms with Crippen molar-refractivity contribution in [1.29, 1.82) is 0 Å². The third kappa shape index (κ3) is 13.2. The van der Waals surface area contributed by atoms with Gasteiger partial charge in [-0.3, -0.25) is 29.3 Å². The van der Waals surface area contributed by atoms with Gasteiger partial charge in [0.25, 0.3) is 11.8 Å². The first-order valence-electron chi connectivity index (χ1n) is 26.3. The minimum Gasteiger partial charge on any atom is -0.450 e. The van der Waals surface area contributed by atoms with E-state index in [1.165, 1.54) is 16.7 Å². The molecule has 1 unspecified atom stereocenters. The van der Waals surface area contributed by atoms with Crippen LogP contribution in [0.4, 0.5) is 22.1 Å². The van der Waals surface area contributed by atoms with Crippen molar-refractivity contribution in [3.8, 4) is 0 Å². The molecule has 1 spiro atoms. The highest BCUT2D eigenvalue weighted by Gasteiger charge is 2.47. The van der Waals surface area contributed by atoms with E-state index in [2.05, 4.69) is 65.0 Å². The number of amides is 6. The standard InChI is InChI=1S/C54H68N12O7S/c1-3-4-9-27-73-52(72)60-53(2)20-24-64(25-21-53)45-31-56-48(32-55-45)74-40-12-10-11-39(29-40)58-46(67)13-7-5-6-8-23-63-34-54(35-63)22-26-65(36-54)44-18-16-42(61-62-44)49(69)57-30-37-14-15-41-38(28-37)33-66(51(41)71)43-17-19-47(68)59-50(43)70/h10-12,14-16,18,28-29,31-32,43H,3-9,13,17,19-27,30,33-36H2,1-2H3,(H,57,69)(H,58,67)(H,60,72)(H,59,68,70). The maximum absolute atomic E-state index is 13.0. The van der Waals surface area contributed by atoms with E-state index in [-0.39, 0.29) is 65.9 Å². The summed E-state index contributed by atoms with van der Waals surface area (Å²) in [5, 5.41) is 20.8. The van der Waals surface area contributed by atoms with Crippen LogP contribution in [0.2, 0.25) is 0 Å². The molecule has 4 fully saturated rings. The Morgan fingerprint density at radius 2 is 1.68 bits per heavy atom. The molecular formula is C54H68N12O7S. The first-order valence-corrected chi connectivity index (χ1v) is 27.1. The third-order valence-electron chi connectivity index (χ3n) is 15.0. The summed E-state index contributed by atoms with van der Waals surface area (Å²) in [7, 11) is 0. The first-order chi connectivity index (χ1) is 35.8. The van der Waals surface area contributed by atoms with E-state index in [0.29, 0.717) is 25.0 Å². The highest BCUT2D eigenvalue weighted by Crippen LogP contribution is 2.41. The van der Waals surface area contributed by atoms with Gasteiger partial charge in [-0.2, -0.15) is 0 Å². The SMILES string of the molecule is CCCCCOC(=O)NC1(C)CCN(c2cnc(Sc3cccc(NC(=O)CCCCCCN4CC5(CCN(c6ccc(C(=O)NCc7ccc8c(c7)CN(C7CCC(=O)NC7=O)C8=O)nn6)C5)C4)c3)cn2)CC1. The van der Waals surface area contributed by atoms with E-state index in [1.54, 1.807) is 30.6 Å². The molecule has 19 nitrogen and oxygen atoms in total. The first kappa shape index (κ1) is 52.2. The van der Waals surface area contributed by atoms with Crippen molar-refractivity contribution in [2.24, 2.45) is 5.41 Å². The molecule has 7 heterocycles. The quantitative estimate of drug-likeness (QED) is 0.0518. The zero-order chi connectivity index (χ0) is 51.7. The second-order valence-corrected chi connectivity index (χ2v) is 21.9. The van der Waals surface area contributed by atoms with Crippen LogP contribution < -0.4 is 31.1 Å². The van der Waals surface area contributed by atoms with Gasteiger partial charge in [-0.25, -0.2) is 14.8 Å². The Kier molecular flexibility index (Phi) is 16.7. The zero-order valence-electron chi connectivity index (χ0n) is 42.5. The van der Waals surface area contributed by atoms with E-state index < -0.39 is 11.9 Å². The van der Waals surface area contributed by atoms with Crippen LogP contribution in [-0.4, -0.2) is 130 Å². The van der Waals surface area contributed by atoms with Crippen LogP contribution in [0, 0.1) is 5.41 Å². The average molecular weight is 1030 g/mol. The summed E-state index contributed by atoms with van der Waals surface area (Å²) in [6, 6.07) is 16.1. The highest BCUT2D eigenvalue weighted by molar-refractivity contribution is 7.99. The minimum absolute atomic E-state index is 0.0149. The lowest BCUT2D eigenvalue weighted by atomic mass is 9.79. The molecule has 0 bridgehead atoms. The van der Waals surface area contributed by atoms with E-state index in [9.17, 15) is 28.8 Å². The number of rotatable bonds is 21. The number of hydrogen-bond acceptors (Lipinski definition) is 15. The maximum Gasteiger partial charge on any atom is 0.407 e. The van der Waals surface area contributed by atoms with Gasteiger partial charge in [-0.1, -0.05) is 62.6 Å². The molecule has 0 aliphatic carbocycles. The number of imide groups is 1. The van der Waals surface area contributed by atoms with Crippen molar-refractivity contribution in [2.45, 2.75) is 132 Å². The van der Waals surface area contributed by atoms with E-state index in [1.807, 2.05) is 36.4 Å². The number of fused-ring (bicyclic) bond motifs is 1. The third-order valence-corrected chi connectivity index (χ3v) is 15.9. The van der Waals surface area contributed by atoms with Crippen molar-refractivity contribution in [3.05, 3.63) is 89.4 Å². The summed E-state index contributed by atoms with van der Waals surface area (Å²) >= 11 is 1.50. The van der Waals surface area contributed by atoms with Crippen LogP contribution in [0.1, 0.15) is 129 Å². The fraction of sp³-hybridized carbons (Fsp3) is 0.519. The van der Waals surface area contributed by atoms with Gasteiger partial charge in [0.2, 0.25) is 17.7 Å². The molecule has 4 saturated heterocycles. The van der Waals surface area contributed by atoms with Crippen molar-refractivity contribution in [3.63, 3.8) is 0 Å². The number of carbonyl (C=O) groups is 6. The lowest BCUT2D eigenvalue weighted by molar-refractivity contribution is -0.137. The Morgan fingerprint density at radius 1 is 0.851 bits per heavy atom. The van der Waals surface area contributed by atoms with Crippen LogP contribution in [0.3, 0.4) is 0 Å². The van der Waals surface area contributed by atoms with Gasteiger partial charge in [-0.05, 0) is 106 Å². The Balaban J connectivity index is 0.619.